The molecule has 1 aliphatic carbocycles. The Kier molecular flexibility index (Phi) is 6.29. The summed E-state index contributed by atoms with van der Waals surface area (Å²) in [6.45, 7) is 3.45. The quantitative estimate of drug-likeness (QED) is 0.444. The van der Waals surface area contributed by atoms with Gasteiger partial charge in [0.1, 0.15) is 18.4 Å². The van der Waals surface area contributed by atoms with E-state index in [2.05, 4.69) is 15.3 Å². The van der Waals surface area contributed by atoms with E-state index in [9.17, 15) is 28.3 Å². The van der Waals surface area contributed by atoms with Gasteiger partial charge in [-0.15, -0.1) is 0 Å². The molecule has 1 aromatic heterocycles. The molecule has 0 radical (unpaired) electrons. The van der Waals surface area contributed by atoms with Crippen molar-refractivity contribution in [3.05, 3.63) is 52.2 Å². The van der Waals surface area contributed by atoms with E-state index in [1.165, 1.54) is 10.7 Å². The first-order valence-electron chi connectivity index (χ1n) is 13.1. The van der Waals surface area contributed by atoms with Crippen LogP contribution in [0, 0.1) is 11.3 Å². The second kappa shape index (κ2) is 9.36. The van der Waals surface area contributed by atoms with Gasteiger partial charge in [-0.1, -0.05) is 11.6 Å². The van der Waals surface area contributed by atoms with Gasteiger partial charge in [-0.25, -0.2) is 0 Å². The van der Waals surface area contributed by atoms with E-state index in [0.717, 1.165) is 17.3 Å². The highest BCUT2D eigenvalue weighted by atomic mass is 35.5. The zero-order chi connectivity index (χ0) is 28.4. The number of carbonyl (C=O) groups is 1. The number of nitriles is 1. The summed E-state index contributed by atoms with van der Waals surface area (Å²) in [5.41, 5.74) is -1.12. The van der Waals surface area contributed by atoms with Gasteiger partial charge >= 0.3 is 6.18 Å². The zero-order valence-electron chi connectivity index (χ0n) is 21.7. The molecule has 2 N–H and O–H groups in total. The van der Waals surface area contributed by atoms with Crippen LogP contribution in [0.25, 0.3) is 10.9 Å². The van der Waals surface area contributed by atoms with Crippen LogP contribution < -0.4 is 10.1 Å². The number of hydrogen-bond donors (Lipinski definition) is 2. The summed E-state index contributed by atoms with van der Waals surface area (Å²) in [6, 6.07) is 9.25. The SMILES string of the molecule is CC1(O)CC(n2nc(C#N)c3cc(OCCN4CCC5(CC4)C(=O)Nc4ccc(Cl)cc45)cc(C(F)(F)F)c32)C1. The minimum atomic E-state index is -4.70. The molecule has 40 heavy (non-hydrogen) atoms. The van der Waals surface area contributed by atoms with Gasteiger partial charge in [-0.05, 0) is 81.6 Å². The lowest BCUT2D eigenvalue weighted by molar-refractivity contribution is -0.136. The number of piperidine rings is 1. The Hall–Kier alpha value is -3.33. The molecule has 6 rings (SSSR count). The molecule has 1 spiro atoms. The maximum atomic E-state index is 14.2. The molecular formula is C28H27ClF3N5O3. The number of rotatable bonds is 5. The topological polar surface area (TPSA) is 103 Å². The van der Waals surface area contributed by atoms with E-state index in [4.69, 9.17) is 16.3 Å². The van der Waals surface area contributed by atoms with Gasteiger partial charge in [0.2, 0.25) is 5.91 Å². The van der Waals surface area contributed by atoms with Crippen LogP contribution in [-0.4, -0.2) is 57.5 Å². The molecule has 3 aliphatic rings. The normalized spacial score (nSPS) is 24.0. The average molecular weight is 574 g/mol. The van der Waals surface area contributed by atoms with E-state index in [1.807, 2.05) is 18.2 Å². The molecule has 0 atom stereocenters. The molecule has 8 nitrogen and oxygen atoms in total. The molecule has 0 unspecified atom stereocenters. The fourth-order valence-electron chi connectivity index (χ4n) is 6.35. The molecule has 2 fully saturated rings. The van der Waals surface area contributed by atoms with Crippen LogP contribution in [-0.2, 0) is 16.4 Å². The lowest BCUT2D eigenvalue weighted by atomic mass is 9.73. The molecule has 1 amide bonds. The van der Waals surface area contributed by atoms with E-state index in [1.54, 1.807) is 13.0 Å². The van der Waals surface area contributed by atoms with E-state index in [-0.39, 0.29) is 47.7 Å². The number of halogens is 4. The van der Waals surface area contributed by atoms with Crippen molar-refractivity contribution in [1.29, 1.82) is 5.26 Å². The monoisotopic (exact) mass is 573 g/mol. The lowest BCUT2D eigenvalue weighted by Crippen LogP contribution is -2.47. The summed E-state index contributed by atoms with van der Waals surface area (Å²) in [5.74, 6) is -0.0308. The largest absolute Gasteiger partial charge is 0.492 e. The van der Waals surface area contributed by atoms with Crippen molar-refractivity contribution in [2.24, 2.45) is 0 Å². The van der Waals surface area contributed by atoms with Crippen LogP contribution in [0.2, 0.25) is 5.02 Å². The minimum Gasteiger partial charge on any atom is -0.492 e. The van der Waals surface area contributed by atoms with E-state index < -0.39 is 28.8 Å². The average Bonchev–Trinajstić information content (AvgIpc) is 3.37. The van der Waals surface area contributed by atoms with Crippen LogP contribution in [0.4, 0.5) is 18.9 Å². The summed E-state index contributed by atoms with van der Waals surface area (Å²) in [6.07, 6.45) is -3.01. The number of aliphatic hydroxyl groups is 1. The van der Waals surface area contributed by atoms with Gasteiger partial charge in [0, 0.05) is 22.6 Å². The second-order valence-corrected chi connectivity index (χ2v) is 11.7. The van der Waals surface area contributed by atoms with E-state index in [0.29, 0.717) is 37.5 Å². The molecule has 1 saturated carbocycles. The third-order valence-corrected chi connectivity index (χ3v) is 8.68. The number of likely N-dealkylation sites (tertiary alicyclic amines) is 1. The summed E-state index contributed by atoms with van der Waals surface area (Å²) in [4.78, 5) is 15.0. The van der Waals surface area contributed by atoms with Crippen molar-refractivity contribution >= 4 is 34.1 Å². The van der Waals surface area contributed by atoms with Gasteiger partial charge in [-0.3, -0.25) is 14.4 Å². The highest BCUT2D eigenvalue weighted by Gasteiger charge is 2.48. The molecule has 210 valence electrons. The first kappa shape index (κ1) is 26.9. The molecule has 0 bridgehead atoms. The standard InChI is InChI=1S/C28H27ClF3N5O3/c1-26(39)13-17(14-26)37-24-19(23(15-33)35-37)11-18(12-21(24)28(30,31)32)40-9-8-36-6-4-27(5-7-36)20-10-16(29)2-3-22(20)34-25(27)38/h2-3,10-12,17,39H,4-9,13-14H2,1H3,(H,34,38). The molecule has 12 heteroatoms. The van der Waals surface area contributed by atoms with Crippen molar-refractivity contribution in [3.63, 3.8) is 0 Å². The highest BCUT2D eigenvalue weighted by molar-refractivity contribution is 6.31. The van der Waals surface area contributed by atoms with Crippen LogP contribution in [0.5, 0.6) is 5.75 Å². The number of fused-ring (bicyclic) bond motifs is 3. The molecule has 2 aromatic carbocycles. The van der Waals surface area contributed by atoms with Crippen molar-refractivity contribution < 1.29 is 27.8 Å². The number of ether oxygens (including phenoxy) is 1. The smallest absolute Gasteiger partial charge is 0.418 e. The summed E-state index contributed by atoms with van der Waals surface area (Å²) >= 11 is 6.19. The maximum Gasteiger partial charge on any atom is 0.418 e. The fourth-order valence-corrected chi connectivity index (χ4v) is 6.53. The van der Waals surface area contributed by atoms with Crippen molar-refractivity contribution in [1.82, 2.24) is 14.7 Å². The highest BCUT2D eigenvalue weighted by Crippen LogP contribution is 2.47. The number of benzene rings is 2. The van der Waals surface area contributed by atoms with Crippen LogP contribution in [0.3, 0.4) is 0 Å². The van der Waals surface area contributed by atoms with Crippen LogP contribution in [0.1, 0.15) is 55.5 Å². The fraction of sp³-hybridized carbons (Fsp3) is 0.464. The number of nitrogens with zero attached hydrogens (tertiary/aromatic N) is 4. The van der Waals surface area contributed by atoms with Crippen molar-refractivity contribution in [2.45, 2.75) is 55.8 Å². The number of amides is 1. The number of nitrogens with one attached hydrogen (secondary N) is 1. The summed E-state index contributed by atoms with van der Waals surface area (Å²) < 4.78 is 49.5. The van der Waals surface area contributed by atoms with Gasteiger partial charge in [0.15, 0.2) is 5.69 Å². The van der Waals surface area contributed by atoms with E-state index >= 15 is 0 Å². The van der Waals surface area contributed by atoms with Gasteiger partial charge < -0.3 is 15.2 Å². The molecular weight excluding hydrogens is 547 g/mol. The Balaban J connectivity index is 1.17. The Morgan fingerprint density at radius 3 is 2.62 bits per heavy atom. The Morgan fingerprint density at radius 1 is 1.25 bits per heavy atom. The van der Waals surface area contributed by atoms with Crippen LogP contribution >= 0.6 is 11.6 Å². The molecule has 1 saturated heterocycles. The number of aromatic nitrogens is 2. The van der Waals surface area contributed by atoms with Gasteiger partial charge in [0.05, 0.1) is 28.1 Å². The van der Waals surface area contributed by atoms with Gasteiger partial charge in [-0.2, -0.15) is 23.5 Å². The zero-order valence-corrected chi connectivity index (χ0v) is 22.4. The Bertz CT molecular complexity index is 1550. The third kappa shape index (κ3) is 4.48. The van der Waals surface area contributed by atoms with Gasteiger partial charge in [0.25, 0.3) is 0 Å². The summed E-state index contributed by atoms with van der Waals surface area (Å²) in [5, 5.41) is 27.5. The number of alkyl halides is 3. The Morgan fingerprint density at radius 2 is 1.98 bits per heavy atom. The first-order chi connectivity index (χ1) is 18.9. The first-order valence-corrected chi connectivity index (χ1v) is 13.5. The van der Waals surface area contributed by atoms with Crippen LogP contribution in [0.15, 0.2) is 30.3 Å². The third-order valence-electron chi connectivity index (χ3n) is 8.45. The molecule has 2 aliphatic heterocycles. The summed E-state index contributed by atoms with van der Waals surface area (Å²) in [7, 11) is 0. The number of anilines is 1. The lowest BCUT2D eigenvalue weighted by Gasteiger charge is -2.41. The molecule has 3 heterocycles. The van der Waals surface area contributed by atoms with Crippen molar-refractivity contribution in [3.8, 4) is 11.8 Å². The Labute approximate surface area is 233 Å². The minimum absolute atomic E-state index is 0.00343. The second-order valence-electron chi connectivity index (χ2n) is 11.2. The predicted molar refractivity (Wildman–Crippen MR) is 141 cm³/mol. The number of hydrogen-bond acceptors (Lipinski definition) is 6. The predicted octanol–water partition coefficient (Wildman–Crippen LogP) is 5.03. The number of carbonyl (C=O) groups excluding carboxylic acids is 1. The molecule has 3 aromatic rings. The maximum absolute atomic E-state index is 14.2. The van der Waals surface area contributed by atoms with Crippen molar-refractivity contribution in [2.75, 3.05) is 31.6 Å².